The number of ether oxygens (including phenoxy) is 2. The third kappa shape index (κ3) is 6.63. The Kier molecular flexibility index (Phi) is 6.65. The van der Waals surface area contributed by atoms with Crippen molar-refractivity contribution in [3.63, 3.8) is 0 Å². The van der Waals surface area contributed by atoms with Crippen LogP contribution in [0.5, 0.6) is 0 Å². The van der Waals surface area contributed by atoms with Crippen LogP contribution in [0, 0.1) is 0 Å². The zero-order valence-electron chi connectivity index (χ0n) is 15.4. The molecule has 1 heterocycles. The zero-order valence-corrected chi connectivity index (χ0v) is 15.4. The van der Waals surface area contributed by atoms with E-state index >= 15 is 0 Å². The highest BCUT2D eigenvalue weighted by atomic mass is 16.6. The third-order valence-corrected chi connectivity index (χ3v) is 3.46. The molecule has 0 fully saturated rings. The normalized spacial score (nSPS) is 12.6. The molecular formula is C20H27NO4. The van der Waals surface area contributed by atoms with Gasteiger partial charge in [0.15, 0.2) is 0 Å². The van der Waals surface area contributed by atoms with E-state index in [1.807, 2.05) is 70.2 Å². The highest BCUT2D eigenvalue weighted by molar-refractivity contribution is 5.68. The number of carbonyl (C=O) groups is 1. The molecule has 136 valence electrons. The number of hydrogen-bond acceptors (Lipinski definition) is 4. The Hall–Kier alpha value is -2.27. The largest absolute Gasteiger partial charge is 0.464 e. The SMILES string of the molecule is CCc1ccc([C@@H](COCc2ccccc2)NC(=O)OC(C)(C)C)o1. The second-order valence-electron chi connectivity index (χ2n) is 6.86. The quantitative estimate of drug-likeness (QED) is 0.795. The van der Waals surface area contributed by atoms with E-state index in [1.165, 1.54) is 0 Å². The van der Waals surface area contributed by atoms with Crippen LogP contribution in [0.3, 0.4) is 0 Å². The first-order valence-corrected chi connectivity index (χ1v) is 8.57. The van der Waals surface area contributed by atoms with Gasteiger partial charge >= 0.3 is 6.09 Å². The van der Waals surface area contributed by atoms with Crippen LogP contribution >= 0.6 is 0 Å². The van der Waals surface area contributed by atoms with Gasteiger partial charge in [0.25, 0.3) is 0 Å². The lowest BCUT2D eigenvalue weighted by atomic mass is 10.2. The predicted molar refractivity (Wildman–Crippen MR) is 96.3 cm³/mol. The van der Waals surface area contributed by atoms with Gasteiger partial charge in [-0.25, -0.2) is 4.79 Å². The highest BCUT2D eigenvalue weighted by Crippen LogP contribution is 2.19. The molecule has 1 amide bonds. The van der Waals surface area contributed by atoms with Crippen LogP contribution in [0.4, 0.5) is 4.79 Å². The Morgan fingerprint density at radius 2 is 1.88 bits per heavy atom. The van der Waals surface area contributed by atoms with Crippen molar-refractivity contribution in [2.45, 2.75) is 52.4 Å². The molecule has 5 heteroatoms. The number of rotatable bonds is 7. The maximum absolute atomic E-state index is 12.1. The first kappa shape index (κ1) is 19.1. The maximum atomic E-state index is 12.1. The summed E-state index contributed by atoms with van der Waals surface area (Å²) in [6.07, 6.45) is 0.305. The summed E-state index contributed by atoms with van der Waals surface area (Å²) in [5, 5.41) is 2.83. The van der Waals surface area contributed by atoms with Crippen molar-refractivity contribution < 1.29 is 18.7 Å². The summed E-state index contributed by atoms with van der Waals surface area (Å²) in [4.78, 5) is 12.1. The molecule has 5 nitrogen and oxygen atoms in total. The van der Waals surface area contributed by atoms with Gasteiger partial charge in [0.1, 0.15) is 23.2 Å². The summed E-state index contributed by atoms with van der Waals surface area (Å²) in [6, 6.07) is 13.3. The Morgan fingerprint density at radius 3 is 2.48 bits per heavy atom. The Balaban J connectivity index is 1.99. The van der Waals surface area contributed by atoms with E-state index in [0.29, 0.717) is 19.0 Å². The fraction of sp³-hybridized carbons (Fsp3) is 0.450. The van der Waals surface area contributed by atoms with Crippen LogP contribution in [0.2, 0.25) is 0 Å². The number of furan rings is 1. The summed E-state index contributed by atoms with van der Waals surface area (Å²) < 4.78 is 16.9. The molecule has 0 saturated carbocycles. The average molecular weight is 345 g/mol. The van der Waals surface area contributed by atoms with Crippen LogP contribution in [0.25, 0.3) is 0 Å². The number of carbonyl (C=O) groups excluding carboxylic acids is 1. The van der Waals surface area contributed by atoms with E-state index in [9.17, 15) is 4.79 Å². The minimum absolute atomic E-state index is 0.296. The molecule has 2 aromatic rings. The number of aryl methyl sites for hydroxylation is 1. The minimum Gasteiger partial charge on any atom is -0.464 e. The van der Waals surface area contributed by atoms with Crippen LogP contribution in [-0.2, 0) is 22.5 Å². The van der Waals surface area contributed by atoms with E-state index < -0.39 is 17.7 Å². The van der Waals surface area contributed by atoms with Gasteiger partial charge < -0.3 is 19.2 Å². The van der Waals surface area contributed by atoms with Gasteiger partial charge in [-0.3, -0.25) is 0 Å². The van der Waals surface area contributed by atoms with Gasteiger partial charge in [-0.15, -0.1) is 0 Å². The number of nitrogens with one attached hydrogen (secondary N) is 1. The number of amides is 1. The lowest BCUT2D eigenvalue weighted by molar-refractivity contribution is 0.0408. The van der Waals surface area contributed by atoms with Gasteiger partial charge in [-0.1, -0.05) is 37.3 Å². The van der Waals surface area contributed by atoms with E-state index in [1.54, 1.807) is 0 Å². The monoisotopic (exact) mass is 345 g/mol. The Bertz CT molecular complexity index is 658. The highest BCUT2D eigenvalue weighted by Gasteiger charge is 2.23. The summed E-state index contributed by atoms with van der Waals surface area (Å²) >= 11 is 0. The van der Waals surface area contributed by atoms with Crippen LogP contribution in [0.1, 0.15) is 50.8 Å². The van der Waals surface area contributed by atoms with Crippen molar-refractivity contribution in [2.75, 3.05) is 6.61 Å². The first-order valence-electron chi connectivity index (χ1n) is 8.57. The fourth-order valence-corrected chi connectivity index (χ4v) is 2.29. The zero-order chi connectivity index (χ0) is 18.3. The van der Waals surface area contributed by atoms with E-state index in [4.69, 9.17) is 13.9 Å². The Labute approximate surface area is 149 Å². The van der Waals surface area contributed by atoms with Crippen molar-refractivity contribution in [1.29, 1.82) is 0 Å². The average Bonchev–Trinajstić information content (AvgIpc) is 3.02. The number of hydrogen-bond donors (Lipinski definition) is 1. The maximum Gasteiger partial charge on any atom is 0.408 e. The molecule has 0 aliphatic carbocycles. The lowest BCUT2D eigenvalue weighted by Gasteiger charge is -2.23. The molecule has 0 aliphatic rings. The van der Waals surface area contributed by atoms with Crippen LogP contribution in [0.15, 0.2) is 46.9 Å². The molecule has 25 heavy (non-hydrogen) atoms. The van der Waals surface area contributed by atoms with Gasteiger partial charge in [0.05, 0.1) is 13.2 Å². The molecule has 0 unspecified atom stereocenters. The molecule has 0 bridgehead atoms. The van der Waals surface area contributed by atoms with E-state index in [-0.39, 0.29) is 0 Å². The molecule has 0 spiro atoms. The van der Waals surface area contributed by atoms with Gasteiger partial charge in [0, 0.05) is 6.42 Å². The Morgan fingerprint density at radius 1 is 1.16 bits per heavy atom. The van der Waals surface area contributed by atoms with Crippen molar-refractivity contribution in [3.05, 3.63) is 59.5 Å². The van der Waals surface area contributed by atoms with Gasteiger partial charge in [-0.2, -0.15) is 0 Å². The second kappa shape index (κ2) is 8.72. The summed E-state index contributed by atoms with van der Waals surface area (Å²) in [7, 11) is 0. The van der Waals surface area contributed by atoms with Crippen molar-refractivity contribution in [1.82, 2.24) is 5.32 Å². The second-order valence-corrected chi connectivity index (χ2v) is 6.86. The molecule has 1 aromatic carbocycles. The van der Waals surface area contributed by atoms with Gasteiger partial charge in [0.2, 0.25) is 0 Å². The van der Waals surface area contributed by atoms with Crippen molar-refractivity contribution >= 4 is 6.09 Å². The van der Waals surface area contributed by atoms with Crippen molar-refractivity contribution in [3.8, 4) is 0 Å². The number of alkyl carbamates (subject to hydrolysis) is 1. The molecular weight excluding hydrogens is 318 g/mol. The molecule has 0 aliphatic heterocycles. The van der Waals surface area contributed by atoms with Crippen LogP contribution in [-0.4, -0.2) is 18.3 Å². The topological polar surface area (TPSA) is 60.7 Å². The molecule has 1 atom stereocenters. The molecule has 1 N–H and O–H groups in total. The van der Waals surface area contributed by atoms with E-state index in [2.05, 4.69) is 5.32 Å². The summed E-state index contributed by atoms with van der Waals surface area (Å²) in [5.74, 6) is 1.53. The molecule has 2 rings (SSSR count). The molecule has 1 aromatic heterocycles. The van der Waals surface area contributed by atoms with Gasteiger partial charge in [-0.05, 0) is 38.5 Å². The third-order valence-electron chi connectivity index (χ3n) is 3.46. The van der Waals surface area contributed by atoms with Crippen molar-refractivity contribution in [2.24, 2.45) is 0 Å². The summed E-state index contributed by atoms with van der Waals surface area (Å²) in [5.41, 5.74) is 0.518. The standard InChI is InChI=1S/C20H27NO4/c1-5-16-11-12-18(24-16)17(21-19(22)25-20(2,3)4)14-23-13-15-9-7-6-8-10-15/h6-12,17H,5,13-14H2,1-4H3,(H,21,22)/t17-/m1/s1. The summed E-state index contributed by atoms with van der Waals surface area (Å²) in [6.45, 7) is 8.27. The minimum atomic E-state index is -0.558. The molecule has 0 radical (unpaired) electrons. The predicted octanol–water partition coefficient (Wildman–Crippen LogP) is 4.62. The van der Waals surface area contributed by atoms with Crippen LogP contribution < -0.4 is 5.32 Å². The van der Waals surface area contributed by atoms with E-state index in [0.717, 1.165) is 17.7 Å². The lowest BCUT2D eigenvalue weighted by Crippen LogP contribution is -2.36. The first-order chi connectivity index (χ1) is 11.9. The number of benzene rings is 1. The fourth-order valence-electron chi connectivity index (χ4n) is 2.29. The molecule has 0 saturated heterocycles. The smallest absolute Gasteiger partial charge is 0.408 e.